The Labute approximate surface area is 164 Å². The summed E-state index contributed by atoms with van der Waals surface area (Å²) in [7, 11) is 1.73. The Balaban J connectivity index is 1.38. The van der Waals surface area contributed by atoms with E-state index in [-0.39, 0.29) is 0 Å². The predicted molar refractivity (Wildman–Crippen MR) is 110 cm³/mol. The number of benzene rings is 1. The van der Waals surface area contributed by atoms with Gasteiger partial charge in [0.1, 0.15) is 5.75 Å². The number of thiazole rings is 1. The minimum atomic E-state index is 0.580. The van der Waals surface area contributed by atoms with Crippen LogP contribution in [0.5, 0.6) is 5.75 Å². The van der Waals surface area contributed by atoms with E-state index >= 15 is 0 Å². The first-order valence-electron chi connectivity index (χ1n) is 9.00. The highest BCUT2D eigenvalue weighted by molar-refractivity contribution is 7.99. The van der Waals surface area contributed by atoms with E-state index in [1.807, 2.05) is 30.1 Å². The van der Waals surface area contributed by atoms with Gasteiger partial charge >= 0.3 is 0 Å². The summed E-state index contributed by atoms with van der Waals surface area (Å²) in [4.78, 5) is 9.37. The van der Waals surface area contributed by atoms with Crippen molar-refractivity contribution in [1.29, 1.82) is 0 Å². The molecule has 1 saturated heterocycles. The SMILES string of the molecule is COc1ccccc1SCC(C)CNCc1cnc(N2CCOCC2)s1. The van der Waals surface area contributed by atoms with Crippen LogP contribution in [0.3, 0.4) is 0 Å². The Kier molecular flexibility index (Phi) is 7.61. The standard InChI is InChI=1S/C19H27N3O2S2/c1-15(14-25-18-6-4-3-5-17(18)23-2)11-20-12-16-13-21-19(26-16)22-7-9-24-10-8-22/h3-6,13,15,20H,7-12,14H2,1-2H3. The lowest BCUT2D eigenvalue weighted by Crippen LogP contribution is -2.36. The Hall–Kier alpha value is -1.28. The lowest BCUT2D eigenvalue weighted by atomic mass is 10.2. The number of methoxy groups -OCH3 is 1. The van der Waals surface area contributed by atoms with E-state index in [1.54, 1.807) is 18.4 Å². The second kappa shape index (κ2) is 10.2. The average Bonchev–Trinajstić information content (AvgIpc) is 3.16. The fourth-order valence-electron chi connectivity index (χ4n) is 2.75. The van der Waals surface area contributed by atoms with Gasteiger partial charge in [-0.2, -0.15) is 0 Å². The maximum Gasteiger partial charge on any atom is 0.185 e. The van der Waals surface area contributed by atoms with Gasteiger partial charge in [-0.15, -0.1) is 23.1 Å². The molecule has 142 valence electrons. The second-order valence-corrected chi connectivity index (χ2v) is 8.56. The van der Waals surface area contributed by atoms with Gasteiger partial charge in [-0.1, -0.05) is 19.1 Å². The summed E-state index contributed by atoms with van der Waals surface area (Å²) in [6, 6.07) is 8.20. The van der Waals surface area contributed by atoms with E-state index in [0.717, 1.165) is 56.0 Å². The molecule has 1 fully saturated rings. The fourth-order valence-corrected chi connectivity index (χ4v) is 4.73. The minimum absolute atomic E-state index is 0.580. The summed E-state index contributed by atoms with van der Waals surface area (Å²) >= 11 is 3.64. The molecule has 0 saturated carbocycles. The van der Waals surface area contributed by atoms with E-state index in [1.165, 1.54) is 9.77 Å². The van der Waals surface area contributed by atoms with Crippen LogP contribution in [0.1, 0.15) is 11.8 Å². The van der Waals surface area contributed by atoms with Crippen LogP contribution in [0.2, 0.25) is 0 Å². The fraction of sp³-hybridized carbons (Fsp3) is 0.526. The Morgan fingerprint density at radius 3 is 2.96 bits per heavy atom. The molecule has 1 unspecified atom stereocenters. The highest BCUT2D eigenvalue weighted by Crippen LogP contribution is 2.30. The molecule has 26 heavy (non-hydrogen) atoms. The van der Waals surface area contributed by atoms with Crippen LogP contribution in [0.4, 0.5) is 5.13 Å². The number of hydrogen-bond donors (Lipinski definition) is 1. The zero-order valence-electron chi connectivity index (χ0n) is 15.4. The number of morpholine rings is 1. The van der Waals surface area contributed by atoms with Crippen LogP contribution in [-0.4, -0.2) is 50.7 Å². The van der Waals surface area contributed by atoms with Crippen molar-refractivity contribution >= 4 is 28.2 Å². The predicted octanol–water partition coefficient (Wildman–Crippen LogP) is 3.51. The third-order valence-corrected chi connectivity index (χ3v) is 6.65. The van der Waals surface area contributed by atoms with Crippen molar-refractivity contribution in [3.05, 3.63) is 35.3 Å². The number of hydrogen-bond acceptors (Lipinski definition) is 7. The highest BCUT2D eigenvalue weighted by Gasteiger charge is 2.14. The van der Waals surface area contributed by atoms with Crippen molar-refractivity contribution < 1.29 is 9.47 Å². The van der Waals surface area contributed by atoms with Crippen LogP contribution < -0.4 is 15.0 Å². The topological polar surface area (TPSA) is 46.6 Å². The molecule has 1 aromatic heterocycles. The molecule has 1 aromatic carbocycles. The third kappa shape index (κ3) is 5.61. The number of nitrogens with zero attached hydrogens (tertiary/aromatic N) is 2. The molecule has 1 N–H and O–H groups in total. The summed E-state index contributed by atoms with van der Waals surface area (Å²) in [6.45, 7) is 7.64. The van der Waals surface area contributed by atoms with Gasteiger partial charge in [-0.25, -0.2) is 4.98 Å². The molecule has 0 amide bonds. The zero-order valence-corrected chi connectivity index (χ0v) is 17.1. The van der Waals surface area contributed by atoms with E-state index in [9.17, 15) is 0 Å². The summed E-state index contributed by atoms with van der Waals surface area (Å²) in [5.41, 5.74) is 0. The van der Waals surface area contributed by atoms with E-state index in [0.29, 0.717) is 5.92 Å². The first-order valence-corrected chi connectivity index (χ1v) is 10.8. The van der Waals surface area contributed by atoms with Gasteiger partial charge in [0.25, 0.3) is 0 Å². The molecule has 1 aliphatic rings. The van der Waals surface area contributed by atoms with Crippen LogP contribution in [0, 0.1) is 5.92 Å². The van der Waals surface area contributed by atoms with Gasteiger partial charge in [-0.3, -0.25) is 0 Å². The molecule has 7 heteroatoms. The van der Waals surface area contributed by atoms with E-state index in [4.69, 9.17) is 9.47 Å². The van der Waals surface area contributed by atoms with Crippen LogP contribution in [0.15, 0.2) is 35.4 Å². The first-order chi connectivity index (χ1) is 12.8. The monoisotopic (exact) mass is 393 g/mol. The number of para-hydroxylation sites is 1. The number of rotatable bonds is 9. The summed E-state index contributed by atoms with van der Waals surface area (Å²) < 4.78 is 10.8. The number of anilines is 1. The smallest absolute Gasteiger partial charge is 0.185 e. The highest BCUT2D eigenvalue weighted by atomic mass is 32.2. The normalized spacial score (nSPS) is 15.8. The molecule has 0 radical (unpaired) electrons. The van der Waals surface area contributed by atoms with Gasteiger partial charge < -0.3 is 19.7 Å². The molecular weight excluding hydrogens is 366 g/mol. The van der Waals surface area contributed by atoms with Crippen LogP contribution in [0.25, 0.3) is 0 Å². The molecular formula is C19H27N3O2S2. The molecule has 1 atom stereocenters. The quantitative estimate of drug-likeness (QED) is 0.658. The number of aromatic nitrogens is 1. The summed E-state index contributed by atoms with van der Waals surface area (Å²) in [6.07, 6.45) is 2.00. The molecule has 0 aliphatic carbocycles. The van der Waals surface area contributed by atoms with Crippen molar-refractivity contribution in [2.75, 3.05) is 50.6 Å². The molecule has 5 nitrogen and oxygen atoms in total. The molecule has 0 bridgehead atoms. The summed E-state index contributed by atoms with van der Waals surface area (Å²) in [5.74, 6) is 2.60. The molecule has 2 heterocycles. The lowest BCUT2D eigenvalue weighted by Gasteiger charge is -2.25. The van der Waals surface area contributed by atoms with Gasteiger partial charge in [-0.05, 0) is 24.6 Å². The second-order valence-electron chi connectivity index (χ2n) is 6.41. The van der Waals surface area contributed by atoms with Gasteiger partial charge in [0.05, 0.1) is 20.3 Å². The number of nitrogens with one attached hydrogen (secondary N) is 1. The Morgan fingerprint density at radius 2 is 2.15 bits per heavy atom. The lowest BCUT2D eigenvalue weighted by molar-refractivity contribution is 0.122. The Bertz CT molecular complexity index is 674. The molecule has 1 aliphatic heterocycles. The van der Waals surface area contributed by atoms with Crippen molar-refractivity contribution in [2.24, 2.45) is 5.92 Å². The molecule has 3 rings (SSSR count). The number of thioether (sulfide) groups is 1. The van der Waals surface area contributed by atoms with Crippen LogP contribution in [-0.2, 0) is 11.3 Å². The first kappa shape index (κ1) is 19.5. The van der Waals surface area contributed by atoms with Gasteiger partial charge in [0.15, 0.2) is 5.13 Å². The minimum Gasteiger partial charge on any atom is -0.496 e. The Morgan fingerprint density at radius 1 is 1.35 bits per heavy atom. The van der Waals surface area contributed by atoms with Crippen LogP contribution >= 0.6 is 23.1 Å². The maximum atomic E-state index is 5.42. The van der Waals surface area contributed by atoms with Crippen molar-refractivity contribution in [1.82, 2.24) is 10.3 Å². The molecule has 0 spiro atoms. The zero-order chi connectivity index (χ0) is 18.2. The maximum absolute atomic E-state index is 5.42. The van der Waals surface area contributed by atoms with Gasteiger partial charge in [0.2, 0.25) is 0 Å². The largest absolute Gasteiger partial charge is 0.496 e. The van der Waals surface area contributed by atoms with Crippen molar-refractivity contribution in [3.63, 3.8) is 0 Å². The van der Waals surface area contributed by atoms with Gasteiger partial charge in [0, 0.05) is 41.4 Å². The average molecular weight is 394 g/mol. The number of ether oxygens (including phenoxy) is 2. The van der Waals surface area contributed by atoms with E-state index in [2.05, 4.69) is 34.3 Å². The van der Waals surface area contributed by atoms with E-state index < -0.39 is 0 Å². The van der Waals surface area contributed by atoms with Crippen molar-refractivity contribution in [2.45, 2.75) is 18.4 Å². The molecule has 2 aromatic rings. The third-order valence-electron chi connectivity index (χ3n) is 4.21. The summed E-state index contributed by atoms with van der Waals surface area (Å²) in [5, 5.41) is 4.68. The van der Waals surface area contributed by atoms with Crippen molar-refractivity contribution in [3.8, 4) is 5.75 Å².